The molecule has 2 aromatic heterocycles. The second-order valence-corrected chi connectivity index (χ2v) is 5.29. The van der Waals surface area contributed by atoms with Crippen LogP contribution in [-0.4, -0.2) is 41.4 Å². The van der Waals surface area contributed by atoms with E-state index in [1.54, 1.807) is 25.3 Å². The molecule has 2 heterocycles. The Morgan fingerprint density at radius 3 is 2.54 bits per heavy atom. The Balaban J connectivity index is 1.86. The third-order valence-corrected chi connectivity index (χ3v) is 3.42. The van der Waals surface area contributed by atoms with Gasteiger partial charge in [0, 0.05) is 6.20 Å². The molecule has 0 atom stereocenters. The van der Waals surface area contributed by atoms with Gasteiger partial charge in [-0.1, -0.05) is 0 Å². The molecule has 0 radical (unpaired) electrons. The Kier molecular flexibility index (Phi) is 5.95. The van der Waals surface area contributed by atoms with Gasteiger partial charge in [-0.2, -0.15) is 0 Å². The second kappa shape index (κ2) is 8.14. The molecule has 0 aromatic carbocycles. The van der Waals surface area contributed by atoms with E-state index in [4.69, 9.17) is 9.47 Å². The zero-order valence-electron chi connectivity index (χ0n) is 13.7. The van der Waals surface area contributed by atoms with Crippen molar-refractivity contribution in [3.8, 4) is 0 Å². The van der Waals surface area contributed by atoms with Crippen LogP contribution in [0.3, 0.4) is 0 Å². The number of ether oxygens (including phenoxy) is 2. The number of carbonyl (C=O) groups excluding carboxylic acids is 3. The first-order chi connectivity index (χ1) is 11.5. The molecule has 0 unspecified atom stereocenters. The maximum atomic E-state index is 11.8. The van der Waals surface area contributed by atoms with E-state index in [-0.39, 0.29) is 18.9 Å². The van der Waals surface area contributed by atoms with Gasteiger partial charge < -0.3 is 19.4 Å². The van der Waals surface area contributed by atoms with Crippen molar-refractivity contribution >= 4 is 18.2 Å². The predicted molar refractivity (Wildman–Crippen MR) is 86.3 cm³/mol. The summed E-state index contributed by atoms with van der Waals surface area (Å²) in [5.74, 6) is -0.916. The maximum absolute atomic E-state index is 11.8. The number of aromatic nitrogens is 2. The van der Waals surface area contributed by atoms with Gasteiger partial charge >= 0.3 is 11.9 Å². The molecule has 128 valence electrons. The minimum Gasteiger partial charge on any atom is -0.461 e. The molecule has 0 saturated carbocycles. The Morgan fingerprint density at radius 2 is 1.92 bits per heavy atom. The SMILES string of the molecule is CCOC(=O)c1cc(CCCOC(=O)c2cc(C)c[nH]2)c(C=O)[nH]1. The van der Waals surface area contributed by atoms with Gasteiger partial charge in [0.1, 0.15) is 11.4 Å². The van der Waals surface area contributed by atoms with Gasteiger partial charge in [-0.25, -0.2) is 9.59 Å². The third-order valence-electron chi connectivity index (χ3n) is 3.42. The summed E-state index contributed by atoms with van der Waals surface area (Å²) < 4.78 is 10.1. The fraction of sp³-hybridized carbons (Fsp3) is 0.353. The van der Waals surface area contributed by atoms with Crippen molar-refractivity contribution in [1.82, 2.24) is 9.97 Å². The lowest BCUT2D eigenvalue weighted by Gasteiger charge is -2.03. The summed E-state index contributed by atoms with van der Waals surface area (Å²) in [5.41, 5.74) is 2.64. The molecule has 0 amide bonds. The molecule has 2 aromatic rings. The van der Waals surface area contributed by atoms with Crippen molar-refractivity contribution in [2.75, 3.05) is 13.2 Å². The van der Waals surface area contributed by atoms with Crippen LogP contribution in [0, 0.1) is 6.92 Å². The van der Waals surface area contributed by atoms with Crippen LogP contribution in [0.5, 0.6) is 0 Å². The van der Waals surface area contributed by atoms with E-state index in [0.717, 1.165) is 5.56 Å². The van der Waals surface area contributed by atoms with Gasteiger partial charge in [-0.3, -0.25) is 4.79 Å². The van der Waals surface area contributed by atoms with Crippen LogP contribution in [0.15, 0.2) is 18.3 Å². The first-order valence-corrected chi connectivity index (χ1v) is 7.71. The van der Waals surface area contributed by atoms with Crippen LogP contribution in [0.2, 0.25) is 0 Å². The topological polar surface area (TPSA) is 101 Å². The van der Waals surface area contributed by atoms with Gasteiger partial charge in [0.25, 0.3) is 0 Å². The van der Waals surface area contributed by atoms with Gasteiger partial charge in [0.05, 0.1) is 18.9 Å². The van der Waals surface area contributed by atoms with Crippen LogP contribution >= 0.6 is 0 Å². The number of carbonyl (C=O) groups is 3. The minimum absolute atomic E-state index is 0.217. The molecule has 0 aliphatic rings. The highest BCUT2D eigenvalue weighted by Gasteiger charge is 2.14. The number of rotatable bonds is 8. The van der Waals surface area contributed by atoms with Crippen LogP contribution in [0.1, 0.15) is 55.9 Å². The fourth-order valence-electron chi connectivity index (χ4n) is 2.27. The Morgan fingerprint density at radius 1 is 1.17 bits per heavy atom. The van der Waals surface area contributed by atoms with Crippen molar-refractivity contribution in [2.24, 2.45) is 0 Å². The van der Waals surface area contributed by atoms with E-state index in [0.29, 0.717) is 36.1 Å². The van der Waals surface area contributed by atoms with Gasteiger partial charge in [-0.15, -0.1) is 0 Å². The van der Waals surface area contributed by atoms with Crippen molar-refractivity contribution in [3.05, 3.63) is 46.5 Å². The van der Waals surface area contributed by atoms with Crippen LogP contribution < -0.4 is 0 Å². The Bertz CT molecular complexity index is 729. The van der Waals surface area contributed by atoms with Crippen molar-refractivity contribution in [3.63, 3.8) is 0 Å². The molecule has 0 aliphatic carbocycles. The summed E-state index contributed by atoms with van der Waals surface area (Å²) >= 11 is 0. The van der Waals surface area contributed by atoms with Crippen LogP contribution in [0.4, 0.5) is 0 Å². The van der Waals surface area contributed by atoms with E-state index in [2.05, 4.69) is 9.97 Å². The molecule has 24 heavy (non-hydrogen) atoms. The standard InChI is InChI=1S/C17H20N2O5/c1-3-23-17(22)14-8-12(15(10-20)19-14)5-4-6-24-16(21)13-7-11(2)9-18-13/h7-10,18-19H,3-6H2,1-2H3. The van der Waals surface area contributed by atoms with Gasteiger partial charge in [0.15, 0.2) is 6.29 Å². The molecule has 0 bridgehead atoms. The largest absolute Gasteiger partial charge is 0.461 e. The second-order valence-electron chi connectivity index (χ2n) is 5.29. The van der Waals surface area contributed by atoms with E-state index >= 15 is 0 Å². The Labute approximate surface area is 139 Å². The summed E-state index contributed by atoms with van der Waals surface area (Å²) in [5, 5.41) is 0. The smallest absolute Gasteiger partial charge is 0.354 e. The van der Waals surface area contributed by atoms with E-state index < -0.39 is 11.9 Å². The molecule has 2 rings (SSSR count). The molecular weight excluding hydrogens is 312 g/mol. The number of aldehydes is 1. The maximum Gasteiger partial charge on any atom is 0.354 e. The number of aromatic amines is 2. The zero-order chi connectivity index (χ0) is 17.5. The number of hydrogen-bond acceptors (Lipinski definition) is 5. The molecule has 2 N–H and O–H groups in total. The lowest BCUT2D eigenvalue weighted by atomic mass is 10.1. The monoisotopic (exact) mass is 332 g/mol. The summed E-state index contributed by atoms with van der Waals surface area (Å²) in [6, 6.07) is 3.31. The summed E-state index contributed by atoms with van der Waals surface area (Å²) in [6.07, 6.45) is 3.42. The first-order valence-electron chi connectivity index (χ1n) is 7.71. The number of nitrogens with one attached hydrogen (secondary N) is 2. The molecule has 0 fully saturated rings. The minimum atomic E-state index is -0.500. The Hall–Kier alpha value is -2.83. The average molecular weight is 332 g/mol. The van der Waals surface area contributed by atoms with E-state index in [1.807, 2.05) is 6.92 Å². The van der Waals surface area contributed by atoms with Crippen molar-refractivity contribution < 1.29 is 23.9 Å². The molecule has 7 nitrogen and oxygen atoms in total. The van der Waals surface area contributed by atoms with Crippen LogP contribution in [0.25, 0.3) is 0 Å². The number of aryl methyl sites for hydroxylation is 2. The highest BCUT2D eigenvalue weighted by molar-refractivity contribution is 5.90. The summed E-state index contributed by atoms with van der Waals surface area (Å²) in [7, 11) is 0. The van der Waals surface area contributed by atoms with E-state index in [9.17, 15) is 14.4 Å². The number of esters is 2. The summed E-state index contributed by atoms with van der Waals surface area (Å²) in [6.45, 7) is 4.07. The number of H-pyrrole nitrogens is 2. The molecule has 0 spiro atoms. The lowest BCUT2D eigenvalue weighted by molar-refractivity contribution is 0.0492. The zero-order valence-corrected chi connectivity index (χ0v) is 13.7. The fourth-order valence-corrected chi connectivity index (χ4v) is 2.27. The lowest BCUT2D eigenvalue weighted by Crippen LogP contribution is -2.07. The predicted octanol–water partition coefficient (Wildman–Crippen LogP) is 2.43. The van der Waals surface area contributed by atoms with Crippen LogP contribution in [-0.2, 0) is 15.9 Å². The average Bonchev–Trinajstić information content (AvgIpc) is 3.17. The van der Waals surface area contributed by atoms with E-state index in [1.165, 1.54) is 0 Å². The number of hydrogen-bond donors (Lipinski definition) is 2. The van der Waals surface area contributed by atoms with Gasteiger partial charge in [0.2, 0.25) is 0 Å². The van der Waals surface area contributed by atoms with Gasteiger partial charge in [-0.05, 0) is 49.9 Å². The highest BCUT2D eigenvalue weighted by atomic mass is 16.5. The van der Waals surface area contributed by atoms with Crippen molar-refractivity contribution in [2.45, 2.75) is 26.7 Å². The molecule has 0 aliphatic heterocycles. The highest BCUT2D eigenvalue weighted by Crippen LogP contribution is 2.13. The summed E-state index contributed by atoms with van der Waals surface area (Å²) in [4.78, 5) is 40.1. The molecular formula is C17H20N2O5. The normalized spacial score (nSPS) is 10.4. The molecule has 0 saturated heterocycles. The molecule has 7 heteroatoms. The first kappa shape index (κ1) is 17.5. The quantitative estimate of drug-likeness (QED) is 0.439. The third kappa shape index (κ3) is 4.34. The van der Waals surface area contributed by atoms with Crippen molar-refractivity contribution in [1.29, 1.82) is 0 Å².